The van der Waals surface area contributed by atoms with Gasteiger partial charge in [-0.15, -0.1) is 0 Å². The molecule has 2 aliphatic rings. The van der Waals surface area contributed by atoms with Crippen molar-refractivity contribution < 1.29 is 10.2 Å². The van der Waals surface area contributed by atoms with Crippen molar-refractivity contribution in [3.63, 3.8) is 0 Å². The van der Waals surface area contributed by atoms with Crippen molar-refractivity contribution in [2.24, 2.45) is 0 Å². The van der Waals surface area contributed by atoms with E-state index in [2.05, 4.69) is 9.97 Å². The van der Waals surface area contributed by atoms with E-state index in [1.165, 1.54) is 12.1 Å². The number of H-pyrrole nitrogens is 2. The summed E-state index contributed by atoms with van der Waals surface area (Å²) in [7, 11) is 0. The van der Waals surface area contributed by atoms with E-state index in [1.807, 2.05) is 97.1 Å². The van der Waals surface area contributed by atoms with Crippen molar-refractivity contribution in [1.82, 2.24) is 39.9 Å². The molecule has 48 heavy (non-hydrogen) atoms. The third-order valence-electron chi connectivity index (χ3n) is 8.34. The largest absolute Gasteiger partial charge is 0.504 e. The zero-order valence-corrected chi connectivity index (χ0v) is 25.1. The zero-order chi connectivity index (χ0) is 32.2. The quantitative estimate of drug-likeness (QED) is 0.124. The second kappa shape index (κ2) is 10.8. The lowest BCUT2D eigenvalue weighted by Gasteiger charge is -1.96. The van der Waals surface area contributed by atoms with Crippen molar-refractivity contribution in [3.8, 4) is 57.1 Å². The molecule has 3 aromatic heterocycles. The Kier molecular flexibility index (Phi) is 6.19. The van der Waals surface area contributed by atoms with Gasteiger partial charge >= 0.3 is 0 Å². The first kappa shape index (κ1) is 27.4. The molecule has 0 unspecified atom stereocenters. The van der Waals surface area contributed by atoms with E-state index in [0.717, 1.165) is 43.8 Å². The standard InChI is InChI=1S/C32H18N8.C6H6O2/c1-2-10-18-17(9-1)25-33-26(18)38-28-21-13-5-6-14-22(21)30(35-28)40-32-24-16-8-7-15-23(24)31(36-32)39-29-20-12-4-3-11-19(20)27(34-29)37-25;7-5-3-1-2-4-6(5)8/h1-16H,(H2,33,34,35,36,37,38,39,40);1-4,7-8H. The van der Waals surface area contributed by atoms with Crippen molar-refractivity contribution in [1.29, 1.82) is 0 Å². The molecule has 0 amide bonds. The maximum Gasteiger partial charge on any atom is 0.164 e. The van der Waals surface area contributed by atoms with Crippen molar-refractivity contribution in [2.75, 3.05) is 0 Å². The fourth-order valence-corrected chi connectivity index (χ4v) is 6.05. The van der Waals surface area contributed by atoms with E-state index < -0.39 is 0 Å². The second-order valence-corrected chi connectivity index (χ2v) is 11.3. The maximum absolute atomic E-state index is 8.67. The van der Waals surface area contributed by atoms with Crippen LogP contribution >= 0.6 is 0 Å². The van der Waals surface area contributed by atoms with E-state index in [0.29, 0.717) is 45.9 Å². The number of nitrogens with zero attached hydrogens (tertiary/aromatic N) is 6. The Balaban J connectivity index is 0.000000347. The summed E-state index contributed by atoms with van der Waals surface area (Å²) >= 11 is 0. The summed E-state index contributed by atoms with van der Waals surface area (Å²) in [6, 6.07) is 38.4. The van der Waals surface area contributed by atoms with Gasteiger partial charge in [0.2, 0.25) is 0 Å². The second-order valence-electron chi connectivity index (χ2n) is 11.3. The van der Waals surface area contributed by atoms with Gasteiger partial charge in [0.15, 0.2) is 34.8 Å². The van der Waals surface area contributed by atoms with Crippen LogP contribution in [0.15, 0.2) is 121 Å². The van der Waals surface area contributed by atoms with Gasteiger partial charge in [-0.05, 0) is 12.1 Å². The number of phenolic OH excluding ortho intramolecular Hbond substituents is 2. The first-order valence-electron chi connectivity index (χ1n) is 15.3. The molecule has 0 atom stereocenters. The number of phenols is 2. The Morgan fingerprint density at radius 1 is 0.312 bits per heavy atom. The van der Waals surface area contributed by atoms with Gasteiger partial charge in [-0.1, -0.05) is 109 Å². The van der Waals surface area contributed by atoms with Crippen LogP contribution in [0.2, 0.25) is 0 Å². The normalized spacial score (nSPS) is 11.5. The highest BCUT2D eigenvalue weighted by atomic mass is 16.3. The fourth-order valence-electron chi connectivity index (χ4n) is 6.05. The van der Waals surface area contributed by atoms with Crippen molar-refractivity contribution in [3.05, 3.63) is 121 Å². The number of fused-ring (bicyclic) bond motifs is 20. The lowest BCUT2D eigenvalue weighted by Crippen LogP contribution is -1.82. The third-order valence-corrected chi connectivity index (χ3v) is 8.34. The highest BCUT2D eigenvalue weighted by Gasteiger charge is 2.21. The van der Waals surface area contributed by atoms with Crippen LogP contribution < -0.4 is 0 Å². The Labute approximate surface area is 272 Å². The van der Waals surface area contributed by atoms with Crippen LogP contribution in [0.25, 0.3) is 89.7 Å². The number of rotatable bonds is 0. The Morgan fingerprint density at radius 3 is 0.833 bits per heavy atom. The Bertz CT molecular complexity index is 2390. The number of hydrogen-bond acceptors (Lipinski definition) is 8. The van der Waals surface area contributed by atoms with Crippen LogP contribution in [0.5, 0.6) is 11.5 Å². The topological polar surface area (TPSA) is 149 Å². The number of benzene rings is 5. The van der Waals surface area contributed by atoms with E-state index in [9.17, 15) is 0 Å². The van der Waals surface area contributed by atoms with Gasteiger partial charge < -0.3 is 20.2 Å². The van der Waals surface area contributed by atoms with Crippen LogP contribution in [-0.2, 0) is 0 Å². The SMILES string of the molecule is Oc1ccccc1O.c1ccc2c(c1)-c1nc-2nc2[nH]c(nc3nc(nc4[nH]c(n1)c1ccccc41)-c1ccccc1-3)c1ccccc21. The molecule has 5 heterocycles. The average molecular weight is 625 g/mol. The molecule has 0 aliphatic carbocycles. The average Bonchev–Trinajstić information content (AvgIpc) is 3.86. The summed E-state index contributed by atoms with van der Waals surface area (Å²) in [6.45, 7) is 0. The van der Waals surface area contributed by atoms with Gasteiger partial charge in [-0.3, -0.25) is 0 Å². The molecule has 0 saturated carbocycles. The Hall–Kier alpha value is -6.94. The number of para-hydroxylation sites is 2. The smallest absolute Gasteiger partial charge is 0.164 e. The Morgan fingerprint density at radius 2 is 0.562 bits per heavy atom. The predicted octanol–water partition coefficient (Wildman–Crippen LogP) is 7.97. The summed E-state index contributed by atoms with van der Waals surface area (Å²) in [6.07, 6.45) is 0. The molecular formula is C38H24N8O2. The molecule has 4 N–H and O–H groups in total. The first-order chi connectivity index (χ1) is 23.6. The van der Waals surface area contributed by atoms with E-state index in [4.69, 9.17) is 40.1 Å². The van der Waals surface area contributed by atoms with Crippen molar-refractivity contribution >= 4 is 44.1 Å². The number of aromatic hydroxyl groups is 2. The molecule has 228 valence electrons. The number of hydrogen-bond donors (Lipinski definition) is 4. The molecule has 8 bridgehead atoms. The van der Waals surface area contributed by atoms with Gasteiger partial charge in [0.25, 0.3) is 0 Å². The summed E-state index contributed by atoms with van der Waals surface area (Å²) < 4.78 is 0. The van der Waals surface area contributed by atoms with Crippen LogP contribution in [0.4, 0.5) is 0 Å². The number of nitrogens with one attached hydrogen (secondary N) is 2. The lowest BCUT2D eigenvalue weighted by molar-refractivity contribution is 0.404. The van der Waals surface area contributed by atoms with Gasteiger partial charge in [-0.25, -0.2) is 29.9 Å². The van der Waals surface area contributed by atoms with Crippen LogP contribution in [0.3, 0.4) is 0 Å². The number of aromatic nitrogens is 8. The summed E-state index contributed by atoms with van der Waals surface area (Å²) in [5.74, 6) is 2.24. The minimum absolute atomic E-state index is 0.0764. The molecule has 5 aromatic carbocycles. The van der Waals surface area contributed by atoms with E-state index in [-0.39, 0.29) is 11.5 Å². The van der Waals surface area contributed by atoms with Crippen molar-refractivity contribution in [2.45, 2.75) is 0 Å². The molecule has 0 spiro atoms. The summed E-state index contributed by atoms with van der Waals surface area (Å²) in [5, 5.41) is 21.2. The zero-order valence-electron chi connectivity index (χ0n) is 25.1. The van der Waals surface area contributed by atoms with E-state index in [1.54, 1.807) is 12.1 Å². The molecule has 0 saturated heterocycles. The molecule has 0 fully saturated rings. The minimum atomic E-state index is -0.0764. The molecule has 8 aromatic rings. The van der Waals surface area contributed by atoms with Crippen LogP contribution in [0, 0.1) is 0 Å². The van der Waals surface area contributed by atoms with Gasteiger partial charge in [0.1, 0.15) is 22.6 Å². The molecule has 0 radical (unpaired) electrons. The highest BCUT2D eigenvalue weighted by Crippen LogP contribution is 2.36. The minimum Gasteiger partial charge on any atom is -0.504 e. The van der Waals surface area contributed by atoms with E-state index >= 15 is 0 Å². The van der Waals surface area contributed by atoms with Gasteiger partial charge in [-0.2, -0.15) is 0 Å². The third kappa shape index (κ3) is 4.51. The van der Waals surface area contributed by atoms with Gasteiger partial charge in [0, 0.05) is 43.8 Å². The molecule has 10 rings (SSSR count). The summed E-state index contributed by atoms with van der Waals surface area (Å²) in [4.78, 5) is 36.8. The number of aromatic amines is 2. The molecule has 10 nitrogen and oxygen atoms in total. The predicted molar refractivity (Wildman–Crippen MR) is 186 cm³/mol. The van der Waals surface area contributed by atoms with Crippen LogP contribution in [0.1, 0.15) is 0 Å². The highest BCUT2D eigenvalue weighted by molar-refractivity contribution is 6.06. The van der Waals surface area contributed by atoms with Crippen LogP contribution in [-0.4, -0.2) is 50.1 Å². The molecular weight excluding hydrogens is 600 g/mol. The maximum atomic E-state index is 8.67. The van der Waals surface area contributed by atoms with Gasteiger partial charge in [0.05, 0.1) is 0 Å². The summed E-state index contributed by atoms with van der Waals surface area (Å²) in [5.41, 5.74) is 6.45. The molecule has 10 heteroatoms. The monoisotopic (exact) mass is 624 g/mol. The fraction of sp³-hybridized carbons (Fsp3) is 0. The molecule has 2 aliphatic heterocycles. The first-order valence-corrected chi connectivity index (χ1v) is 15.3. The lowest BCUT2D eigenvalue weighted by atomic mass is 10.1.